The Balaban J connectivity index is 2.69. The Bertz CT molecular complexity index is 402. The summed E-state index contributed by atoms with van der Waals surface area (Å²) in [5.41, 5.74) is -0.168. The highest BCUT2D eigenvalue weighted by Crippen LogP contribution is 2.13. The van der Waals surface area contributed by atoms with Crippen LogP contribution in [0.1, 0.15) is 0 Å². The molecule has 86 valence electrons. The number of hydrogen-bond donors (Lipinski definition) is 0. The molecule has 1 aromatic heterocycles. The number of nitro groups is 1. The van der Waals surface area contributed by atoms with Crippen molar-refractivity contribution in [3.8, 4) is 5.88 Å². The van der Waals surface area contributed by atoms with Gasteiger partial charge in [0.25, 0.3) is 11.6 Å². The molecule has 0 aliphatic heterocycles. The highest BCUT2D eigenvalue weighted by molar-refractivity contribution is 5.28. The molecule has 9 nitrogen and oxygen atoms in total. The summed E-state index contributed by atoms with van der Waals surface area (Å²) in [4.78, 5) is 18.1. The minimum Gasteiger partial charge on any atom is -0.569 e. The molecule has 0 radical (unpaired) electrons. The van der Waals surface area contributed by atoms with Gasteiger partial charge in [-0.2, -0.15) is 5.01 Å². The lowest BCUT2D eigenvalue weighted by atomic mass is 10.4. The molecule has 0 aromatic carbocycles. The van der Waals surface area contributed by atoms with E-state index in [0.29, 0.717) is 0 Å². The van der Waals surface area contributed by atoms with Crippen LogP contribution in [0.5, 0.6) is 5.88 Å². The Kier molecular flexibility index (Phi) is 3.53. The lowest BCUT2D eigenvalue weighted by Gasteiger charge is -2.04. The van der Waals surface area contributed by atoms with E-state index in [1.165, 1.54) is 26.2 Å². The van der Waals surface area contributed by atoms with Crippen LogP contribution in [0.15, 0.2) is 23.6 Å². The average Bonchev–Trinajstić information content (AvgIpc) is 2.26. The SMILES string of the molecule is CN(C)/[N+]([O-])=N/Oc1ccc([N+](=O)[O-])cn1. The summed E-state index contributed by atoms with van der Waals surface area (Å²) in [6.45, 7) is 0. The smallest absolute Gasteiger partial charge is 0.287 e. The molecule has 1 heterocycles. The van der Waals surface area contributed by atoms with E-state index < -0.39 is 4.92 Å². The maximum absolute atomic E-state index is 10.9. The third-order valence-electron chi connectivity index (χ3n) is 1.48. The molecule has 0 saturated carbocycles. The molecule has 9 heteroatoms. The van der Waals surface area contributed by atoms with Crippen molar-refractivity contribution in [2.75, 3.05) is 14.1 Å². The van der Waals surface area contributed by atoms with Crippen molar-refractivity contribution in [3.05, 3.63) is 33.7 Å². The van der Waals surface area contributed by atoms with E-state index in [2.05, 4.69) is 15.1 Å². The minimum absolute atomic E-state index is 0.00620. The highest BCUT2D eigenvalue weighted by atomic mass is 16.7. The molecule has 0 atom stereocenters. The predicted octanol–water partition coefficient (Wildman–Crippen LogP) is 0.723. The molecule has 0 unspecified atom stereocenters. The largest absolute Gasteiger partial charge is 0.569 e. The summed E-state index contributed by atoms with van der Waals surface area (Å²) in [6.07, 6.45) is 1.01. The number of aromatic nitrogens is 1. The molecular weight excluding hydrogens is 218 g/mol. The van der Waals surface area contributed by atoms with Crippen LogP contribution >= 0.6 is 0 Å². The van der Waals surface area contributed by atoms with Crippen molar-refractivity contribution in [1.82, 2.24) is 9.99 Å². The first-order valence-electron chi connectivity index (χ1n) is 4.13. The maximum atomic E-state index is 10.9. The number of hydrogen-bond acceptors (Lipinski definition) is 6. The van der Waals surface area contributed by atoms with Gasteiger partial charge in [0.1, 0.15) is 6.20 Å². The summed E-state index contributed by atoms with van der Waals surface area (Å²) in [7, 11) is 2.95. The van der Waals surface area contributed by atoms with Gasteiger partial charge in [-0.05, 0) is 0 Å². The van der Waals surface area contributed by atoms with Gasteiger partial charge in [0, 0.05) is 12.1 Å². The fourth-order valence-corrected chi connectivity index (χ4v) is 0.684. The van der Waals surface area contributed by atoms with Gasteiger partial charge in [-0.1, -0.05) is 0 Å². The number of rotatable bonds is 4. The van der Waals surface area contributed by atoms with Crippen LogP contribution in [0.4, 0.5) is 5.69 Å². The van der Waals surface area contributed by atoms with Gasteiger partial charge >= 0.3 is 0 Å². The second-order valence-corrected chi connectivity index (χ2v) is 2.88. The quantitative estimate of drug-likeness (QED) is 0.324. The summed E-state index contributed by atoms with van der Waals surface area (Å²) in [6, 6.07) is 2.44. The first kappa shape index (κ1) is 11.6. The van der Waals surface area contributed by atoms with Crippen molar-refractivity contribution in [3.63, 3.8) is 0 Å². The van der Waals surface area contributed by atoms with Gasteiger partial charge in [0.15, 0.2) is 0 Å². The van der Waals surface area contributed by atoms with Crippen LogP contribution in [-0.2, 0) is 0 Å². The molecule has 0 bridgehead atoms. The summed E-state index contributed by atoms with van der Waals surface area (Å²) < 4.78 is 0. The molecule has 0 fully saturated rings. The second kappa shape index (κ2) is 4.87. The van der Waals surface area contributed by atoms with Crippen molar-refractivity contribution < 1.29 is 14.7 Å². The first-order chi connectivity index (χ1) is 7.50. The summed E-state index contributed by atoms with van der Waals surface area (Å²) in [5, 5.41) is 25.5. The highest BCUT2D eigenvalue weighted by Gasteiger charge is 2.07. The Labute approximate surface area is 90.2 Å². The van der Waals surface area contributed by atoms with Crippen molar-refractivity contribution in [2.24, 2.45) is 5.28 Å². The van der Waals surface area contributed by atoms with Crippen molar-refractivity contribution >= 4 is 5.69 Å². The molecule has 0 aliphatic carbocycles. The Morgan fingerprint density at radius 3 is 2.56 bits per heavy atom. The van der Waals surface area contributed by atoms with Gasteiger partial charge in [-0.25, -0.2) is 4.98 Å². The molecule has 1 rings (SSSR count). The topological polar surface area (TPSA) is 107 Å². The monoisotopic (exact) mass is 227 g/mol. The lowest BCUT2D eigenvalue weighted by molar-refractivity contribution is -0.695. The second-order valence-electron chi connectivity index (χ2n) is 2.88. The van der Waals surface area contributed by atoms with E-state index in [1.54, 1.807) is 0 Å². The van der Waals surface area contributed by atoms with Crippen LogP contribution in [0.25, 0.3) is 0 Å². The van der Waals surface area contributed by atoms with E-state index in [0.717, 1.165) is 11.2 Å². The van der Waals surface area contributed by atoms with E-state index >= 15 is 0 Å². The lowest BCUT2D eigenvalue weighted by Crippen LogP contribution is -2.21. The van der Waals surface area contributed by atoms with Gasteiger partial charge in [-0.15, -0.1) is 0 Å². The fraction of sp³-hybridized carbons (Fsp3) is 0.286. The Morgan fingerprint density at radius 2 is 2.12 bits per heavy atom. The van der Waals surface area contributed by atoms with Gasteiger partial charge in [0.2, 0.25) is 5.28 Å². The van der Waals surface area contributed by atoms with Crippen LogP contribution in [-0.4, -0.2) is 34.0 Å². The average molecular weight is 227 g/mol. The standard InChI is InChI=1S/C7H9N5O4/c1-10(2)12(15)9-16-7-4-3-6(5-8-7)11(13)14/h3-5H,1-2H3/b12-9-. The van der Waals surface area contributed by atoms with E-state index in [9.17, 15) is 15.3 Å². The summed E-state index contributed by atoms with van der Waals surface area (Å²) in [5.74, 6) is -0.00620. The summed E-state index contributed by atoms with van der Waals surface area (Å²) >= 11 is 0. The number of hydrazine groups is 1. The fourth-order valence-electron chi connectivity index (χ4n) is 0.684. The normalized spacial score (nSPS) is 11.0. The van der Waals surface area contributed by atoms with Crippen LogP contribution in [0.2, 0.25) is 0 Å². The molecule has 0 N–H and O–H groups in total. The molecular formula is C7H9N5O4. The van der Waals surface area contributed by atoms with Gasteiger partial charge in [0.05, 0.1) is 24.0 Å². The van der Waals surface area contributed by atoms with Crippen molar-refractivity contribution in [2.45, 2.75) is 0 Å². The number of nitrogens with zero attached hydrogens (tertiary/aromatic N) is 5. The Morgan fingerprint density at radius 1 is 1.44 bits per heavy atom. The first-order valence-corrected chi connectivity index (χ1v) is 4.13. The molecule has 0 saturated heterocycles. The zero-order chi connectivity index (χ0) is 12.1. The molecule has 0 amide bonds. The van der Waals surface area contributed by atoms with Gasteiger partial charge in [-0.3, -0.25) is 15.0 Å². The molecule has 0 aliphatic rings. The van der Waals surface area contributed by atoms with Crippen LogP contribution < -0.4 is 4.84 Å². The maximum Gasteiger partial charge on any atom is 0.287 e. The van der Waals surface area contributed by atoms with Crippen LogP contribution in [0, 0.1) is 15.3 Å². The predicted molar refractivity (Wildman–Crippen MR) is 51.3 cm³/mol. The van der Waals surface area contributed by atoms with Crippen LogP contribution in [0.3, 0.4) is 0 Å². The van der Waals surface area contributed by atoms with E-state index in [-0.39, 0.29) is 16.5 Å². The Hall–Kier alpha value is -2.45. The molecule has 1 aromatic rings. The zero-order valence-corrected chi connectivity index (χ0v) is 8.60. The third kappa shape index (κ3) is 3.04. The van der Waals surface area contributed by atoms with Crippen molar-refractivity contribution in [1.29, 1.82) is 0 Å². The zero-order valence-electron chi connectivity index (χ0n) is 8.60. The minimum atomic E-state index is -0.590. The molecule has 0 spiro atoms. The van der Waals surface area contributed by atoms with Gasteiger partial charge < -0.3 is 5.21 Å². The van der Waals surface area contributed by atoms with E-state index in [4.69, 9.17) is 0 Å². The van der Waals surface area contributed by atoms with E-state index in [1.807, 2.05) is 0 Å². The number of pyridine rings is 1. The third-order valence-corrected chi connectivity index (χ3v) is 1.48. The molecule has 16 heavy (non-hydrogen) atoms.